The number of amides is 1. The van der Waals surface area contributed by atoms with Crippen LogP contribution >= 0.6 is 12.4 Å². The first kappa shape index (κ1) is 19.5. The van der Waals surface area contributed by atoms with Gasteiger partial charge in [-0.3, -0.25) is 4.79 Å². The standard InChI is InChI=1S/C19H24N2O3.ClH/c1-11(22)4-5-14-6-7-17-15(10-14)12(2)18(24-17)19(23)21-9-8-16(20)13(21)3;/h6-7,10,13,16H,4-5,8-9,20H2,1-3H3;1H. The van der Waals surface area contributed by atoms with Crippen molar-refractivity contribution in [1.82, 2.24) is 4.90 Å². The number of ketones is 1. The first-order valence-corrected chi connectivity index (χ1v) is 8.46. The first-order valence-electron chi connectivity index (χ1n) is 8.46. The van der Waals surface area contributed by atoms with Crippen LogP contribution in [0.4, 0.5) is 0 Å². The minimum absolute atomic E-state index is 0. The van der Waals surface area contributed by atoms with Crippen LogP contribution in [0.5, 0.6) is 0 Å². The third kappa shape index (κ3) is 3.72. The van der Waals surface area contributed by atoms with Gasteiger partial charge in [0.2, 0.25) is 0 Å². The third-order valence-electron chi connectivity index (χ3n) is 5.04. The average molecular weight is 365 g/mol. The molecule has 1 amide bonds. The van der Waals surface area contributed by atoms with Gasteiger partial charge >= 0.3 is 0 Å². The molecular formula is C19H25ClN2O3. The highest BCUT2D eigenvalue weighted by Gasteiger charge is 2.34. The highest BCUT2D eigenvalue weighted by atomic mass is 35.5. The number of hydrogen-bond acceptors (Lipinski definition) is 4. The van der Waals surface area contributed by atoms with Gasteiger partial charge in [0.15, 0.2) is 5.76 Å². The quantitative estimate of drug-likeness (QED) is 0.903. The number of carbonyl (C=O) groups excluding carboxylic acids is 2. The fourth-order valence-electron chi connectivity index (χ4n) is 3.33. The smallest absolute Gasteiger partial charge is 0.290 e. The summed E-state index contributed by atoms with van der Waals surface area (Å²) in [7, 11) is 0. The Balaban J connectivity index is 0.00000225. The highest BCUT2D eigenvalue weighted by molar-refractivity contribution is 5.99. The van der Waals surface area contributed by atoms with Crippen LogP contribution in [0.3, 0.4) is 0 Å². The number of aryl methyl sites for hydroxylation is 2. The Labute approximate surface area is 153 Å². The van der Waals surface area contributed by atoms with E-state index in [-0.39, 0.29) is 36.2 Å². The van der Waals surface area contributed by atoms with Crippen LogP contribution in [0.15, 0.2) is 22.6 Å². The molecule has 2 aromatic rings. The van der Waals surface area contributed by atoms with Gasteiger partial charge in [-0.1, -0.05) is 6.07 Å². The summed E-state index contributed by atoms with van der Waals surface area (Å²) >= 11 is 0. The van der Waals surface area contributed by atoms with Crippen LogP contribution in [-0.2, 0) is 11.2 Å². The van der Waals surface area contributed by atoms with Gasteiger partial charge in [-0.05, 0) is 51.3 Å². The number of halogens is 1. The molecule has 1 aromatic heterocycles. The molecule has 6 heteroatoms. The number of carbonyl (C=O) groups is 2. The normalized spacial score (nSPS) is 19.9. The molecule has 0 bridgehead atoms. The molecule has 1 fully saturated rings. The van der Waals surface area contributed by atoms with E-state index in [2.05, 4.69) is 0 Å². The molecule has 5 nitrogen and oxygen atoms in total. The van der Waals surface area contributed by atoms with Gasteiger partial charge in [-0.15, -0.1) is 12.4 Å². The Hall–Kier alpha value is -1.85. The summed E-state index contributed by atoms with van der Waals surface area (Å²) in [4.78, 5) is 25.8. The minimum Gasteiger partial charge on any atom is -0.451 e. The second kappa shape index (κ2) is 7.58. The zero-order chi connectivity index (χ0) is 17.4. The molecule has 0 radical (unpaired) electrons. The van der Waals surface area contributed by atoms with E-state index in [9.17, 15) is 9.59 Å². The maximum Gasteiger partial charge on any atom is 0.290 e. The molecule has 2 N–H and O–H groups in total. The second-order valence-electron chi connectivity index (χ2n) is 6.78. The van der Waals surface area contributed by atoms with Crippen molar-refractivity contribution in [2.24, 2.45) is 5.73 Å². The van der Waals surface area contributed by atoms with Crippen LogP contribution in [0.2, 0.25) is 0 Å². The molecule has 0 aliphatic carbocycles. The number of benzene rings is 1. The zero-order valence-electron chi connectivity index (χ0n) is 14.9. The van der Waals surface area contributed by atoms with Crippen LogP contribution in [-0.4, -0.2) is 35.2 Å². The number of furan rings is 1. The topological polar surface area (TPSA) is 76.5 Å². The number of rotatable bonds is 4. The SMILES string of the molecule is CC(=O)CCc1ccc2oc(C(=O)N3CCC(N)C3C)c(C)c2c1.Cl. The third-order valence-corrected chi connectivity index (χ3v) is 5.04. The van der Waals surface area contributed by atoms with Crippen molar-refractivity contribution in [1.29, 1.82) is 0 Å². The molecule has 1 aliphatic rings. The highest BCUT2D eigenvalue weighted by Crippen LogP contribution is 2.29. The van der Waals surface area contributed by atoms with Crippen LogP contribution in [0, 0.1) is 6.92 Å². The van der Waals surface area contributed by atoms with Crippen molar-refractivity contribution in [3.63, 3.8) is 0 Å². The number of likely N-dealkylation sites (tertiary alicyclic amines) is 1. The molecule has 0 saturated carbocycles. The number of nitrogens with zero attached hydrogens (tertiary/aromatic N) is 1. The minimum atomic E-state index is -0.0885. The number of Topliss-reactive ketones (excluding diaryl/α,β-unsaturated/α-hetero) is 1. The van der Waals surface area contributed by atoms with Crippen molar-refractivity contribution >= 4 is 35.1 Å². The lowest BCUT2D eigenvalue weighted by Gasteiger charge is -2.22. The lowest BCUT2D eigenvalue weighted by molar-refractivity contribution is -0.116. The fraction of sp³-hybridized carbons (Fsp3) is 0.474. The van der Waals surface area contributed by atoms with Gasteiger partial charge in [0.05, 0.1) is 0 Å². The molecule has 2 unspecified atom stereocenters. The van der Waals surface area contributed by atoms with E-state index in [0.29, 0.717) is 30.7 Å². The lowest BCUT2D eigenvalue weighted by atomic mass is 10.0. The first-order chi connectivity index (χ1) is 11.4. The maximum atomic E-state index is 12.8. The average Bonchev–Trinajstić information content (AvgIpc) is 3.06. The summed E-state index contributed by atoms with van der Waals surface area (Å²) < 4.78 is 5.84. The van der Waals surface area contributed by atoms with Crippen LogP contribution in [0.25, 0.3) is 11.0 Å². The van der Waals surface area contributed by atoms with Gasteiger partial charge < -0.3 is 19.8 Å². The number of nitrogens with two attached hydrogens (primary N) is 1. The molecule has 136 valence electrons. The van der Waals surface area contributed by atoms with E-state index in [4.69, 9.17) is 10.2 Å². The Bertz CT molecular complexity index is 799. The molecule has 2 atom stereocenters. The van der Waals surface area contributed by atoms with E-state index in [1.807, 2.05) is 32.0 Å². The van der Waals surface area contributed by atoms with Crippen molar-refractivity contribution in [3.8, 4) is 0 Å². The lowest BCUT2D eigenvalue weighted by Crippen LogP contribution is -2.40. The monoisotopic (exact) mass is 364 g/mol. The van der Waals surface area contributed by atoms with Gasteiger partial charge in [-0.25, -0.2) is 0 Å². The summed E-state index contributed by atoms with van der Waals surface area (Å²) in [6.07, 6.45) is 2.05. The van der Waals surface area contributed by atoms with Gasteiger partial charge in [-0.2, -0.15) is 0 Å². The molecule has 3 rings (SSSR count). The summed E-state index contributed by atoms with van der Waals surface area (Å²) in [5.74, 6) is 0.485. The number of fused-ring (bicyclic) bond motifs is 1. The fourth-order valence-corrected chi connectivity index (χ4v) is 3.33. The van der Waals surface area contributed by atoms with Gasteiger partial charge in [0, 0.05) is 36.0 Å². The summed E-state index contributed by atoms with van der Waals surface area (Å²) in [6.45, 7) is 6.16. The summed E-state index contributed by atoms with van der Waals surface area (Å²) in [6, 6.07) is 5.91. The van der Waals surface area contributed by atoms with E-state index in [1.54, 1.807) is 11.8 Å². The summed E-state index contributed by atoms with van der Waals surface area (Å²) in [5, 5.41) is 0.940. The number of hydrogen-bond donors (Lipinski definition) is 1. The summed E-state index contributed by atoms with van der Waals surface area (Å²) in [5.41, 5.74) is 8.66. The Morgan fingerprint density at radius 2 is 2.08 bits per heavy atom. The predicted octanol–water partition coefficient (Wildman–Crippen LogP) is 3.25. The van der Waals surface area contributed by atoms with Crippen LogP contribution in [0.1, 0.15) is 48.4 Å². The Morgan fingerprint density at radius 3 is 2.68 bits per heavy atom. The van der Waals surface area contributed by atoms with E-state index < -0.39 is 0 Å². The molecule has 0 spiro atoms. The maximum absolute atomic E-state index is 12.8. The largest absolute Gasteiger partial charge is 0.451 e. The zero-order valence-corrected chi connectivity index (χ0v) is 15.7. The van der Waals surface area contributed by atoms with E-state index >= 15 is 0 Å². The van der Waals surface area contributed by atoms with Crippen LogP contribution < -0.4 is 5.73 Å². The van der Waals surface area contributed by atoms with Crippen molar-refractivity contribution < 1.29 is 14.0 Å². The van der Waals surface area contributed by atoms with Crippen molar-refractivity contribution in [3.05, 3.63) is 35.1 Å². The Morgan fingerprint density at radius 1 is 1.36 bits per heavy atom. The molecular weight excluding hydrogens is 340 g/mol. The molecule has 25 heavy (non-hydrogen) atoms. The van der Waals surface area contributed by atoms with Gasteiger partial charge in [0.25, 0.3) is 5.91 Å². The van der Waals surface area contributed by atoms with Gasteiger partial charge in [0.1, 0.15) is 11.4 Å². The molecule has 2 heterocycles. The Kier molecular flexibility index (Phi) is 5.91. The molecule has 1 aliphatic heterocycles. The predicted molar refractivity (Wildman–Crippen MR) is 100 cm³/mol. The second-order valence-corrected chi connectivity index (χ2v) is 6.78. The van der Waals surface area contributed by atoms with Crippen molar-refractivity contribution in [2.75, 3.05) is 6.54 Å². The molecule has 1 saturated heterocycles. The van der Waals surface area contributed by atoms with E-state index in [0.717, 1.165) is 22.9 Å². The van der Waals surface area contributed by atoms with E-state index in [1.165, 1.54) is 0 Å². The molecule has 1 aromatic carbocycles. The van der Waals surface area contributed by atoms with Crippen molar-refractivity contribution in [2.45, 2.75) is 52.1 Å².